The number of fused-ring (bicyclic) bond motifs is 2. The molecular weight excluding hydrogens is 545 g/mol. The maximum atomic E-state index is 13.8. The number of esters is 1. The maximum Gasteiger partial charge on any atom is 0.318 e. The number of hydrogen-bond donors (Lipinski definition) is 0. The Labute approximate surface area is 241 Å². The molecule has 41 heavy (non-hydrogen) atoms. The highest BCUT2D eigenvalue weighted by Crippen LogP contribution is 2.46. The number of aromatic nitrogens is 3. The second-order valence-corrected chi connectivity index (χ2v) is 12.7. The number of carbonyl (C=O) groups is 1. The first-order valence-electron chi connectivity index (χ1n) is 14.2. The number of benzene rings is 1. The Hall–Kier alpha value is -3.25. The summed E-state index contributed by atoms with van der Waals surface area (Å²) in [7, 11) is 0. The van der Waals surface area contributed by atoms with Gasteiger partial charge >= 0.3 is 5.97 Å². The quantitative estimate of drug-likeness (QED) is 0.311. The standard InChI is InChI=1S/C30H32FN5O4S/c31-24-3-5-25(6-4-24)36-27-15-23-9-10-35(41(38)26-7-8-28(32-18-26)34-11-13-39-14-12-34)20-30(23,16-22(27)17-33-36)29(37)40-19-21-1-2-21/h3-8,15,17-18,21H,1-2,9-14,16,19-20H2/t30-,41?/m0/s1. The molecule has 2 aromatic heterocycles. The van der Waals surface area contributed by atoms with Crippen molar-refractivity contribution < 1.29 is 23.2 Å². The number of piperidine rings is 1. The zero-order valence-corrected chi connectivity index (χ0v) is 23.5. The first-order valence-corrected chi connectivity index (χ1v) is 15.3. The van der Waals surface area contributed by atoms with Gasteiger partial charge in [-0.2, -0.15) is 5.10 Å². The van der Waals surface area contributed by atoms with E-state index in [4.69, 9.17) is 9.47 Å². The molecule has 7 rings (SSSR count). The number of ether oxygens (including phenoxy) is 2. The number of morpholine rings is 1. The molecule has 9 nitrogen and oxygen atoms in total. The summed E-state index contributed by atoms with van der Waals surface area (Å²) < 4.78 is 42.4. The summed E-state index contributed by atoms with van der Waals surface area (Å²) in [6, 6.07) is 9.98. The SMILES string of the molecule is O=C(OCC1CC1)[C@]12Cc3cnn(-c4ccc(F)cc4)c3C=C1CCN([S+]([O-])c1ccc(N3CCOCC3)nc1)C2. The summed E-state index contributed by atoms with van der Waals surface area (Å²) in [6.07, 6.45) is 8.62. The summed E-state index contributed by atoms with van der Waals surface area (Å²) in [5, 5.41) is 4.58. The Morgan fingerprint density at radius 3 is 2.66 bits per heavy atom. The molecule has 4 aliphatic rings. The molecule has 0 N–H and O–H groups in total. The van der Waals surface area contributed by atoms with Crippen LogP contribution < -0.4 is 4.90 Å². The van der Waals surface area contributed by atoms with Crippen molar-refractivity contribution in [2.45, 2.75) is 30.6 Å². The van der Waals surface area contributed by atoms with Crippen molar-refractivity contribution in [3.05, 3.63) is 71.4 Å². The molecule has 4 heterocycles. The van der Waals surface area contributed by atoms with Crippen LogP contribution in [-0.4, -0.2) is 75.6 Å². The van der Waals surface area contributed by atoms with Crippen molar-refractivity contribution in [1.29, 1.82) is 0 Å². The lowest BCUT2D eigenvalue weighted by atomic mass is 9.69. The van der Waals surface area contributed by atoms with E-state index in [1.165, 1.54) is 12.1 Å². The Morgan fingerprint density at radius 1 is 1.12 bits per heavy atom. The molecule has 3 fully saturated rings. The maximum absolute atomic E-state index is 13.8. The predicted octanol–water partition coefficient (Wildman–Crippen LogP) is 3.55. The summed E-state index contributed by atoms with van der Waals surface area (Å²) in [5.41, 5.74) is 2.55. The fourth-order valence-corrected chi connectivity index (χ4v) is 7.16. The predicted molar refractivity (Wildman–Crippen MR) is 151 cm³/mol. The average Bonchev–Trinajstić information content (AvgIpc) is 3.77. The lowest BCUT2D eigenvalue weighted by Crippen LogP contribution is -2.53. The number of anilines is 1. The van der Waals surface area contributed by atoms with Gasteiger partial charge in [0.05, 0.1) is 61.5 Å². The second kappa shape index (κ2) is 10.9. The second-order valence-electron chi connectivity index (χ2n) is 11.2. The summed E-state index contributed by atoms with van der Waals surface area (Å²) in [6.45, 7) is 4.13. The molecule has 1 aromatic carbocycles. The zero-order chi connectivity index (χ0) is 28.0. The normalized spacial score (nSPS) is 23.4. The zero-order valence-electron chi connectivity index (χ0n) is 22.7. The van der Waals surface area contributed by atoms with E-state index in [9.17, 15) is 13.7 Å². The molecule has 214 valence electrons. The number of halogens is 1. The molecule has 2 aliphatic heterocycles. The smallest absolute Gasteiger partial charge is 0.318 e. The van der Waals surface area contributed by atoms with Gasteiger partial charge in [-0.15, -0.1) is 4.31 Å². The van der Waals surface area contributed by atoms with Crippen molar-refractivity contribution in [1.82, 2.24) is 19.1 Å². The minimum absolute atomic E-state index is 0.265. The molecule has 0 radical (unpaired) electrons. The summed E-state index contributed by atoms with van der Waals surface area (Å²) in [4.78, 5) is 21.2. The third-order valence-electron chi connectivity index (χ3n) is 8.48. The molecule has 2 saturated heterocycles. The van der Waals surface area contributed by atoms with Crippen LogP contribution in [-0.2, 0) is 32.1 Å². The molecule has 3 aromatic rings. The Kier molecular flexibility index (Phi) is 7.06. The van der Waals surface area contributed by atoms with Gasteiger partial charge in [-0.05, 0) is 79.1 Å². The monoisotopic (exact) mass is 577 g/mol. The lowest BCUT2D eigenvalue weighted by molar-refractivity contribution is -0.155. The Balaban J connectivity index is 1.16. The summed E-state index contributed by atoms with van der Waals surface area (Å²) in [5.74, 6) is 0.708. The third-order valence-corrected chi connectivity index (χ3v) is 9.91. The first kappa shape index (κ1) is 26.6. The highest BCUT2D eigenvalue weighted by atomic mass is 32.2. The van der Waals surface area contributed by atoms with E-state index in [1.807, 2.05) is 22.5 Å². The van der Waals surface area contributed by atoms with E-state index in [0.717, 1.165) is 54.3 Å². The summed E-state index contributed by atoms with van der Waals surface area (Å²) >= 11 is -1.49. The van der Waals surface area contributed by atoms with Gasteiger partial charge in [0.15, 0.2) is 4.90 Å². The van der Waals surface area contributed by atoms with Gasteiger partial charge in [-0.25, -0.2) is 14.1 Å². The van der Waals surface area contributed by atoms with Crippen LogP contribution in [0.3, 0.4) is 0 Å². The average molecular weight is 578 g/mol. The van der Waals surface area contributed by atoms with Crippen molar-refractivity contribution in [3.8, 4) is 5.69 Å². The highest BCUT2D eigenvalue weighted by molar-refractivity contribution is 7.89. The molecule has 2 aliphatic carbocycles. The number of nitrogens with zero attached hydrogens (tertiary/aromatic N) is 5. The number of hydrogen-bond acceptors (Lipinski definition) is 8. The van der Waals surface area contributed by atoms with Gasteiger partial charge < -0.3 is 18.9 Å². The number of pyridine rings is 1. The molecule has 0 spiro atoms. The van der Waals surface area contributed by atoms with Crippen LogP contribution in [0.4, 0.5) is 10.2 Å². The van der Waals surface area contributed by atoms with Crippen LogP contribution in [0.5, 0.6) is 0 Å². The fraction of sp³-hybridized carbons (Fsp3) is 0.433. The third kappa shape index (κ3) is 5.16. The topological polar surface area (TPSA) is 95.8 Å². The van der Waals surface area contributed by atoms with Crippen molar-refractivity contribution >= 4 is 29.2 Å². The van der Waals surface area contributed by atoms with Crippen molar-refractivity contribution in [2.24, 2.45) is 11.3 Å². The first-order chi connectivity index (χ1) is 20.0. The van der Waals surface area contributed by atoms with Crippen LogP contribution in [0.15, 0.2) is 59.3 Å². The molecule has 1 unspecified atom stereocenters. The van der Waals surface area contributed by atoms with E-state index in [-0.39, 0.29) is 18.3 Å². The minimum Gasteiger partial charge on any atom is -0.593 e. The lowest BCUT2D eigenvalue weighted by Gasteiger charge is -2.43. The minimum atomic E-state index is -1.49. The van der Waals surface area contributed by atoms with Gasteiger partial charge in [-0.1, -0.05) is 0 Å². The highest BCUT2D eigenvalue weighted by Gasteiger charge is 2.52. The molecule has 11 heteroatoms. The van der Waals surface area contributed by atoms with E-state index in [2.05, 4.69) is 15.0 Å². The fourth-order valence-electron chi connectivity index (χ4n) is 5.94. The van der Waals surface area contributed by atoms with Crippen LogP contribution in [0.2, 0.25) is 0 Å². The van der Waals surface area contributed by atoms with Crippen LogP contribution in [0, 0.1) is 17.2 Å². The number of rotatable bonds is 7. The van der Waals surface area contributed by atoms with Crippen LogP contribution in [0.25, 0.3) is 11.8 Å². The van der Waals surface area contributed by atoms with Crippen molar-refractivity contribution in [3.63, 3.8) is 0 Å². The molecular formula is C30H32FN5O4S. The van der Waals surface area contributed by atoms with Gasteiger partial charge in [0, 0.05) is 25.7 Å². The van der Waals surface area contributed by atoms with Gasteiger partial charge in [0.25, 0.3) is 0 Å². The molecule has 1 saturated carbocycles. The Morgan fingerprint density at radius 2 is 1.93 bits per heavy atom. The molecule has 0 bridgehead atoms. The van der Waals surface area contributed by atoms with Gasteiger partial charge in [-0.3, -0.25) is 4.79 Å². The molecule has 2 atom stereocenters. The van der Waals surface area contributed by atoms with E-state index in [1.54, 1.807) is 29.2 Å². The van der Waals surface area contributed by atoms with Gasteiger partial charge in [0.2, 0.25) is 0 Å². The molecule has 0 amide bonds. The van der Waals surface area contributed by atoms with Crippen molar-refractivity contribution in [2.75, 3.05) is 50.9 Å². The number of carbonyl (C=O) groups excluding carboxylic acids is 1. The van der Waals surface area contributed by atoms with E-state index in [0.29, 0.717) is 50.0 Å². The Bertz CT molecular complexity index is 1450. The van der Waals surface area contributed by atoms with Crippen LogP contribution >= 0.6 is 0 Å². The van der Waals surface area contributed by atoms with Crippen LogP contribution in [0.1, 0.15) is 30.5 Å². The van der Waals surface area contributed by atoms with E-state index >= 15 is 0 Å². The largest absolute Gasteiger partial charge is 0.593 e. The van der Waals surface area contributed by atoms with Gasteiger partial charge in [0.1, 0.15) is 17.1 Å². The van der Waals surface area contributed by atoms with E-state index < -0.39 is 16.8 Å².